The lowest BCUT2D eigenvalue weighted by Crippen LogP contribution is -2.50. The molecule has 8 nitrogen and oxygen atoms in total. The molecule has 1 saturated heterocycles. The number of hydrogen-bond acceptors (Lipinski definition) is 4. The maximum Gasteiger partial charge on any atom is 0.418 e. The van der Waals surface area contributed by atoms with Gasteiger partial charge in [0.1, 0.15) is 11.6 Å². The SMILES string of the molecule is CCOc1ccc(C)cc1NC(=O)Nc1ccc(N2CCN(C(=O)Nc3c(F)cccc3C(F)(F)F)CC2)cc1. The van der Waals surface area contributed by atoms with Crippen molar-refractivity contribution in [2.75, 3.05) is 53.6 Å². The van der Waals surface area contributed by atoms with Crippen LogP contribution in [0.25, 0.3) is 0 Å². The van der Waals surface area contributed by atoms with Gasteiger partial charge in [-0.15, -0.1) is 0 Å². The van der Waals surface area contributed by atoms with Crippen molar-refractivity contribution in [2.45, 2.75) is 20.0 Å². The molecule has 12 heteroatoms. The van der Waals surface area contributed by atoms with Crippen LogP contribution in [0.5, 0.6) is 5.75 Å². The van der Waals surface area contributed by atoms with Crippen LogP contribution in [-0.2, 0) is 6.18 Å². The Labute approximate surface area is 228 Å². The normalized spacial score (nSPS) is 13.6. The molecule has 4 rings (SSSR count). The number of carbonyl (C=O) groups is 2. The number of urea groups is 2. The Morgan fingerprint density at radius 1 is 0.925 bits per heavy atom. The van der Waals surface area contributed by atoms with E-state index in [9.17, 15) is 27.2 Å². The smallest absolute Gasteiger partial charge is 0.418 e. The molecule has 0 atom stereocenters. The molecule has 1 aliphatic heterocycles. The van der Waals surface area contributed by atoms with Gasteiger partial charge in [-0.2, -0.15) is 13.2 Å². The maximum absolute atomic E-state index is 14.1. The third-order valence-corrected chi connectivity index (χ3v) is 6.29. The molecule has 1 fully saturated rings. The fourth-order valence-corrected chi connectivity index (χ4v) is 4.30. The lowest BCUT2D eigenvalue weighted by Gasteiger charge is -2.36. The third kappa shape index (κ3) is 6.93. The Morgan fingerprint density at radius 2 is 1.62 bits per heavy atom. The van der Waals surface area contributed by atoms with Crippen LogP contribution in [0.2, 0.25) is 0 Å². The Morgan fingerprint density at radius 3 is 2.27 bits per heavy atom. The van der Waals surface area contributed by atoms with E-state index in [0.29, 0.717) is 36.8 Å². The third-order valence-electron chi connectivity index (χ3n) is 6.29. The number of benzene rings is 3. The van der Waals surface area contributed by atoms with Gasteiger partial charge in [0.05, 0.1) is 23.5 Å². The first-order valence-corrected chi connectivity index (χ1v) is 12.6. The lowest BCUT2D eigenvalue weighted by molar-refractivity contribution is -0.137. The highest BCUT2D eigenvalue weighted by atomic mass is 19.4. The average molecular weight is 560 g/mol. The van der Waals surface area contributed by atoms with E-state index in [1.54, 1.807) is 18.2 Å². The number of alkyl halides is 3. The van der Waals surface area contributed by atoms with Gasteiger partial charge in [-0.3, -0.25) is 0 Å². The van der Waals surface area contributed by atoms with Gasteiger partial charge in [0.25, 0.3) is 0 Å². The molecule has 0 radical (unpaired) electrons. The molecule has 4 amide bonds. The fraction of sp³-hybridized carbons (Fsp3) is 0.286. The summed E-state index contributed by atoms with van der Waals surface area (Å²) < 4.78 is 59.4. The zero-order chi connectivity index (χ0) is 28.9. The van der Waals surface area contributed by atoms with Crippen molar-refractivity contribution in [3.05, 3.63) is 77.6 Å². The Balaban J connectivity index is 1.31. The van der Waals surface area contributed by atoms with Crippen LogP contribution in [0.15, 0.2) is 60.7 Å². The zero-order valence-corrected chi connectivity index (χ0v) is 21.9. The van der Waals surface area contributed by atoms with Gasteiger partial charge >= 0.3 is 18.2 Å². The zero-order valence-electron chi connectivity index (χ0n) is 21.9. The topological polar surface area (TPSA) is 85.9 Å². The second kappa shape index (κ2) is 12.1. The van der Waals surface area contributed by atoms with Crippen LogP contribution < -0.4 is 25.6 Å². The molecule has 3 aromatic carbocycles. The second-order valence-corrected chi connectivity index (χ2v) is 9.12. The Kier molecular flexibility index (Phi) is 8.66. The lowest BCUT2D eigenvalue weighted by atomic mass is 10.1. The molecule has 0 spiro atoms. The molecule has 40 heavy (non-hydrogen) atoms. The summed E-state index contributed by atoms with van der Waals surface area (Å²) >= 11 is 0. The second-order valence-electron chi connectivity index (χ2n) is 9.12. The van der Waals surface area contributed by atoms with Crippen LogP contribution in [-0.4, -0.2) is 49.7 Å². The number of ether oxygens (including phenoxy) is 1. The standard InChI is InChI=1S/C28H29F4N5O3/c1-3-40-24-12-7-18(2)17-23(24)34-26(38)33-19-8-10-20(11-9-19)36-13-15-37(16-14-36)27(39)35-25-21(28(30,31)32)5-4-6-22(25)29/h4-12,17H,3,13-16H2,1-2H3,(H,35,39)(H2,33,34,38). The number of amides is 4. The van der Waals surface area contributed by atoms with Crippen molar-refractivity contribution in [1.82, 2.24) is 4.90 Å². The summed E-state index contributed by atoms with van der Waals surface area (Å²) in [6.07, 6.45) is -4.81. The van der Waals surface area contributed by atoms with Crippen LogP contribution in [0.1, 0.15) is 18.1 Å². The van der Waals surface area contributed by atoms with Crippen molar-refractivity contribution in [2.24, 2.45) is 0 Å². The van der Waals surface area contributed by atoms with Crippen molar-refractivity contribution in [1.29, 1.82) is 0 Å². The number of aryl methyl sites for hydroxylation is 1. The minimum Gasteiger partial charge on any atom is -0.492 e. The number of anilines is 4. The van der Waals surface area contributed by atoms with Gasteiger partial charge in [-0.1, -0.05) is 12.1 Å². The van der Waals surface area contributed by atoms with E-state index in [-0.39, 0.29) is 13.1 Å². The summed E-state index contributed by atoms with van der Waals surface area (Å²) in [5.41, 5.74) is 0.815. The highest BCUT2D eigenvalue weighted by Crippen LogP contribution is 2.36. The van der Waals surface area contributed by atoms with Crippen molar-refractivity contribution in [3.8, 4) is 5.75 Å². The van der Waals surface area contributed by atoms with E-state index in [1.807, 2.05) is 43.0 Å². The summed E-state index contributed by atoms with van der Waals surface area (Å²) in [5.74, 6) is -0.584. The number of hydrogen-bond donors (Lipinski definition) is 3. The van der Waals surface area contributed by atoms with Gasteiger partial charge in [0, 0.05) is 37.6 Å². The van der Waals surface area contributed by atoms with E-state index in [4.69, 9.17) is 4.74 Å². The fourth-order valence-electron chi connectivity index (χ4n) is 4.30. The highest BCUT2D eigenvalue weighted by Gasteiger charge is 2.36. The number of carbonyl (C=O) groups excluding carboxylic acids is 2. The average Bonchev–Trinajstić information content (AvgIpc) is 2.91. The van der Waals surface area contributed by atoms with E-state index in [0.717, 1.165) is 29.4 Å². The molecule has 0 aromatic heterocycles. The van der Waals surface area contributed by atoms with Gasteiger partial charge < -0.3 is 30.5 Å². The molecular formula is C28H29F4N5O3. The Hall–Kier alpha value is -4.48. The first kappa shape index (κ1) is 28.5. The number of rotatable bonds is 6. The molecule has 3 N–H and O–H groups in total. The predicted octanol–water partition coefficient (Wildman–Crippen LogP) is 6.55. The molecule has 0 bridgehead atoms. The molecule has 1 aliphatic rings. The van der Waals surface area contributed by atoms with Gasteiger partial charge in [-0.05, 0) is 67.9 Å². The number of para-hydroxylation sites is 1. The van der Waals surface area contributed by atoms with Crippen LogP contribution >= 0.6 is 0 Å². The maximum atomic E-state index is 14.1. The van der Waals surface area contributed by atoms with Gasteiger partial charge in [0.15, 0.2) is 0 Å². The van der Waals surface area contributed by atoms with Gasteiger partial charge in [0.2, 0.25) is 0 Å². The van der Waals surface area contributed by atoms with E-state index < -0.39 is 35.3 Å². The number of halogens is 4. The van der Waals surface area contributed by atoms with E-state index in [1.165, 1.54) is 4.90 Å². The van der Waals surface area contributed by atoms with E-state index in [2.05, 4.69) is 16.0 Å². The minimum absolute atomic E-state index is 0.225. The molecule has 212 valence electrons. The van der Waals surface area contributed by atoms with Crippen LogP contribution in [0.4, 0.5) is 49.9 Å². The largest absolute Gasteiger partial charge is 0.492 e. The summed E-state index contributed by atoms with van der Waals surface area (Å²) in [6.45, 7) is 5.51. The van der Waals surface area contributed by atoms with Gasteiger partial charge in [-0.25, -0.2) is 14.0 Å². The quantitative estimate of drug-likeness (QED) is 0.299. The summed E-state index contributed by atoms with van der Waals surface area (Å²) in [4.78, 5) is 28.5. The van der Waals surface area contributed by atoms with Crippen LogP contribution in [0, 0.1) is 12.7 Å². The minimum atomic E-state index is -4.81. The van der Waals surface area contributed by atoms with E-state index >= 15 is 0 Å². The van der Waals surface area contributed by atoms with Crippen molar-refractivity contribution < 1.29 is 31.9 Å². The predicted molar refractivity (Wildman–Crippen MR) is 146 cm³/mol. The van der Waals surface area contributed by atoms with Crippen LogP contribution in [0.3, 0.4) is 0 Å². The Bertz CT molecular complexity index is 1360. The summed E-state index contributed by atoms with van der Waals surface area (Å²) in [5, 5.41) is 7.66. The molecular weight excluding hydrogens is 530 g/mol. The first-order valence-electron chi connectivity index (χ1n) is 12.6. The monoisotopic (exact) mass is 559 g/mol. The first-order chi connectivity index (χ1) is 19.0. The van der Waals surface area contributed by atoms with Crippen molar-refractivity contribution in [3.63, 3.8) is 0 Å². The summed E-state index contributed by atoms with van der Waals surface area (Å²) in [7, 11) is 0. The molecule has 3 aromatic rings. The molecule has 0 saturated carbocycles. The summed E-state index contributed by atoms with van der Waals surface area (Å²) in [6, 6.07) is 13.9. The molecule has 0 unspecified atom stereocenters. The number of piperazine rings is 1. The molecule has 0 aliphatic carbocycles. The number of nitrogens with zero attached hydrogens (tertiary/aromatic N) is 2. The highest BCUT2D eigenvalue weighted by molar-refractivity contribution is 6.00. The number of nitrogens with one attached hydrogen (secondary N) is 3. The molecule has 1 heterocycles. The van der Waals surface area contributed by atoms with Crippen molar-refractivity contribution >= 4 is 34.8 Å².